The number of hydrogen-bond acceptors (Lipinski definition) is 9. The van der Waals surface area contributed by atoms with Crippen molar-refractivity contribution in [2.24, 2.45) is 0 Å². The van der Waals surface area contributed by atoms with E-state index in [9.17, 15) is 13.2 Å². The number of carbonyl (C=O) groups is 1. The summed E-state index contributed by atoms with van der Waals surface area (Å²) in [5.41, 5.74) is 0. The predicted molar refractivity (Wildman–Crippen MR) is 123 cm³/mol. The van der Waals surface area contributed by atoms with Crippen LogP contribution >= 0.6 is 39.7 Å². The lowest BCUT2D eigenvalue weighted by Crippen LogP contribution is -2.48. The first-order valence-corrected chi connectivity index (χ1v) is 13.1. The topological polar surface area (TPSA) is 109 Å². The molecule has 2 aliphatic rings. The number of hydrogen-bond donors (Lipinski definition) is 0. The Morgan fingerprint density at radius 2 is 1.84 bits per heavy atom. The fourth-order valence-corrected chi connectivity index (χ4v) is 7.12. The van der Waals surface area contributed by atoms with E-state index >= 15 is 0 Å². The molecule has 4 rings (SSSR count). The van der Waals surface area contributed by atoms with Gasteiger partial charge in [-0.1, -0.05) is 5.16 Å². The van der Waals surface area contributed by atoms with Crippen LogP contribution in [-0.2, 0) is 32.5 Å². The van der Waals surface area contributed by atoms with E-state index in [1.54, 1.807) is 17.0 Å². The highest BCUT2D eigenvalue weighted by molar-refractivity contribution is 9.11. The van der Waals surface area contributed by atoms with Gasteiger partial charge in [-0.05, 0) is 28.1 Å². The summed E-state index contributed by atoms with van der Waals surface area (Å²) in [5.74, 6) is 1.06. The van der Waals surface area contributed by atoms with Crippen molar-refractivity contribution < 1.29 is 22.5 Å². The van der Waals surface area contributed by atoms with E-state index in [2.05, 4.69) is 31.0 Å². The summed E-state index contributed by atoms with van der Waals surface area (Å²) >= 11 is 4.53. The number of sulfonamides is 1. The summed E-state index contributed by atoms with van der Waals surface area (Å²) in [4.78, 5) is 20.5. The molecule has 1 amide bonds. The normalized spacial score (nSPS) is 18.5. The van der Waals surface area contributed by atoms with Gasteiger partial charge < -0.3 is 14.2 Å². The van der Waals surface area contributed by atoms with Crippen LogP contribution in [0.25, 0.3) is 0 Å². The smallest absolute Gasteiger partial charge is 0.252 e. The summed E-state index contributed by atoms with van der Waals surface area (Å²) in [6.45, 7) is 4.90. The first kappa shape index (κ1) is 25.5. The zero-order valence-corrected chi connectivity index (χ0v) is 21.3. The largest absolute Gasteiger partial charge is 0.378 e. The van der Waals surface area contributed by atoms with Crippen LogP contribution in [0.15, 0.2) is 24.7 Å². The molecule has 0 spiro atoms. The van der Waals surface area contributed by atoms with E-state index in [0.717, 1.165) is 3.79 Å². The molecule has 0 unspecified atom stereocenters. The molecular formula is C18H25BrClN5O5S2. The molecule has 178 valence electrons. The van der Waals surface area contributed by atoms with E-state index in [1.807, 2.05) is 0 Å². The zero-order chi connectivity index (χ0) is 21.8. The molecule has 0 saturated carbocycles. The maximum Gasteiger partial charge on any atom is 0.252 e. The molecule has 2 fully saturated rings. The van der Waals surface area contributed by atoms with Gasteiger partial charge in [-0.15, -0.1) is 23.7 Å². The van der Waals surface area contributed by atoms with Gasteiger partial charge in [-0.2, -0.15) is 9.29 Å². The van der Waals surface area contributed by atoms with Crippen molar-refractivity contribution in [3.05, 3.63) is 27.6 Å². The van der Waals surface area contributed by atoms with E-state index in [0.29, 0.717) is 87.8 Å². The molecule has 10 nitrogen and oxygen atoms in total. The Balaban J connectivity index is 0.00000289. The van der Waals surface area contributed by atoms with Crippen LogP contribution in [-0.4, -0.2) is 91.1 Å². The van der Waals surface area contributed by atoms with Gasteiger partial charge in [0, 0.05) is 52.1 Å². The number of thiophene rings is 1. The molecule has 2 aromatic rings. The SMILES string of the molecule is Cl.O=C(CCc1nc(CN2CCN(S(=O)(=O)c3ccc(Br)s3)CC2)no1)N1CCOCC1. The van der Waals surface area contributed by atoms with Gasteiger partial charge in [-0.25, -0.2) is 8.42 Å². The molecule has 14 heteroatoms. The van der Waals surface area contributed by atoms with Gasteiger partial charge >= 0.3 is 0 Å². The molecule has 0 radical (unpaired) electrons. The number of carbonyl (C=O) groups excluding carboxylic acids is 1. The number of aryl methyl sites for hydroxylation is 1. The van der Waals surface area contributed by atoms with Gasteiger partial charge in [0.15, 0.2) is 5.82 Å². The fraction of sp³-hybridized carbons (Fsp3) is 0.611. The maximum absolute atomic E-state index is 12.7. The fourth-order valence-electron chi connectivity index (χ4n) is 3.53. The van der Waals surface area contributed by atoms with Crippen LogP contribution in [0.5, 0.6) is 0 Å². The van der Waals surface area contributed by atoms with Crippen LogP contribution in [0.4, 0.5) is 0 Å². The Hall–Kier alpha value is -1.09. The molecule has 32 heavy (non-hydrogen) atoms. The van der Waals surface area contributed by atoms with Crippen LogP contribution < -0.4 is 0 Å². The summed E-state index contributed by atoms with van der Waals surface area (Å²) in [5, 5.41) is 4.01. The number of amides is 1. The molecular weight excluding hydrogens is 546 g/mol. The molecule has 4 heterocycles. The molecule has 2 saturated heterocycles. The van der Waals surface area contributed by atoms with Gasteiger partial charge in [0.05, 0.1) is 23.5 Å². The summed E-state index contributed by atoms with van der Waals surface area (Å²) in [7, 11) is -3.46. The van der Waals surface area contributed by atoms with E-state index in [4.69, 9.17) is 9.26 Å². The average Bonchev–Trinajstić information content (AvgIpc) is 3.42. The van der Waals surface area contributed by atoms with E-state index < -0.39 is 10.0 Å². The average molecular weight is 571 g/mol. The van der Waals surface area contributed by atoms with E-state index in [-0.39, 0.29) is 18.3 Å². The Morgan fingerprint density at radius 1 is 1.12 bits per heavy atom. The molecule has 2 aromatic heterocycles. The second-order valence-corrected chi connectivity index (χ2v) is 12.0. The second-order valence-electron chi connectivity index (χ2n) is 7.34. The van der Waals surface area contributed by atoms with Crippen LogP contribution in [0.3, 0.4) is 0 Å². The van der Waals surface area contributed by atoms with Crippen molar-refractivity contribution in [3.8, 4) is 0 Å². The first-order chi connectivity index (χ1) is 14.9. The van der Waals surface area contributed by atoms with Gasteiger partial charge in [0.2, 0.25) is 11.8 Å². The number of ether oxygens (including phenoxy) is 1. The van der Waals surface area contributed by atoms with Crippen molar-refractivity contribution >= 4 is 55.6 Å². The number of rotatable bonds is 7. The number of morpholine rings is 1. The van der Waals surface area contributed by atoms with Gasteiger partial charge in [0.25, 0.3) is 10.0 Å². The van der Waals surface area contributed by atoms with Crippen molar-refractivity contribution in [1.82, 2.24) is 24.2 Å². The highest BCUT2D eigenvalue weighted by Crippen LogP contribution is 2.29. The van der Waals surface area contributed by atoms with Crippen molar-refractivity contribution in [2.45, 2.75) is 23.6 Å². The highest BCUT2D eigenvalue weighted by atomic mass is 79.9. The van der Waals surface area contributed by atoms with Crippen molar-refractivity contribution in [3.63, 3.8) is 0 Å². The molecule has 0 N–H and O–H groups in total. The monoisotopic (exact) mass is 569 g/mol. The predicted octanol–water partition coefficient (Wildman–Crippen LogP) is 1.61. The maximum atomic E-state index is 12.7. The summed E-state index contributed by atoms with van der Waals surface area (Å²) in [6.07, 6.45) is 0.739. The lowest BCUT2D eigenvalue weighted by Gasteiger charge is -2.32. The Bertz CT molecular complexity index is 1000. The number of halogens is 2. The van der Waals surface area contributed by atoms with E-state index in [1.165, 1.54) is 15.6 Å². The van der Waals surface area contributed by atoms with Crippen LogP contribution in [0.1, 0.15) is 18.1 Å². The third-order valence-corrected chi connectivity index (χ3v) is 9.26. The Labute approximate surface area is 205 Å². The number of aromatic nitrogens is 2. The standard InChI is InChI=1S/C18H24BrN5O5S2.ClH/c19-14-1-4-18(30-14)31(26,27)24-7-5-22(6-8-24)13-15-20-16(29-21-15)2-3-17(25)23-9-11-28-12-10-23;/h1,4H,2-3,5-13H2;1H. The molecule has 0 atom stereocenters. The molecule has 2 aliphatic heterocycles. The van der Waals surface area contributed by atoms with Crippen LogP contribution in [0.2, 0.25) is 0 Å². The summed E-state index contributed by atoms with van der Waals surface area (Å²) in [6, 6.07) is 3.37. The van der Waals surface area contributed by atoms with Crippen molar-refractivity contribution in [2.75, 3.05) is 52.5 Å². The Kier molecular flexibility index (Phi) is 9.06. The zero-order valence-electron chi connectivity index (χ0n) is 17.3. The highest BCUT2D eigenvalue weighted by Gasteiger charge is 2.30. The van der Waals surface area contributed by atoms with Crippen LogP contribution in [0, 0.1) is 0 Å². The summed E-state index contributed by atoms with van der Waals surface area (Å²) < 4.78 is 38.7. The second kappa shape index (κ2) is 11.4. The quantitative estimate of drug-likeness (QED) is 0.494. The van der Waals surface area contributed by atoms with Gasteiger partial charge in [0.1, 0.15) is 4.21 Å². The lowest BCUT2D eigenvalue weighted by atomic mass is 10.2. The number of piperazine rings is 1. The Morgan fingerprint density at radius 3 is 2.50 bits per heavy atom. The molecule has 0 aliphatic carbocycles. The minimum absolute atomic E-state index is 0. The number of nitrogens with zero attached hydrogens (tertiary/aromatic N) is 5. The minimum Gasteiger partial charge on any atom is -0.378 e. The first-order valence-electron chi connectivity index (χ1n) is 10.1. The lowest BCUT2D eigenvalue weighted by molar-refractivity contribution is -0.135. The third kappa shape index (κ3) is 6.27. The molecule has 0 aromatic carbocycles. The van der Waals surface area contributed by atoms with Gasteiger partial charge in [-0.3, -0.25) is 9.69 Å². The third-order valence-electron chi connectivity index (χ3n) is 5.27. The minimum atomic E-state index is -3.46. The molecule has 0 bridgehead atoms. The van der Waals surface area contributed by atoms with Crippen molar-refractivity contribution in [1.29, 1.82) is 0 Å².